The summed E-state index contributed by atoms with van der Waals surface area (Å²) < 4.78 is 6.17. The van der Waals surface area contributed by atoms with E-state index < -0.39 is 17.1 Å². The normalized spacial score (nSPS) is 14.2. The van der Waals surface area contributed by atoms with Gasteiger partial charge in [0.2, 0.25) is 5.91 Å². The summed E-state index contributed by atoms with van der Waals surface area (Å²) in [7, 11) is 0. The van der Waals surface area contributed by atoms with E-state index in [1.165, 1.54) is 0 Å². The summed E-state index contributed by atoms with van der Waals surface area (Å²) in [5, 5.41) is 3.20. The van der Waals surface area contributed by atoms with Crippen LogP contribution < -0.4 is 15.0 Å². The molecule has 7 nitrogen and oxygen atoms in total. The number of amides is 3. The van der Waals surface area contributed by atoms with Crippen LogP contribution in [-0.4, -0.2) is 41.6 Å². The summed E-state index contributed by atoms with van der Waals surface area (Å²) in [4.78, 5) is 41.5. The highest BCUT2D eigenvalue weighted by atomic mass is 35.5. The van der Waals surface area contributed by atoms with Crippen LogP contribution in [-0.2, 0) is 16.2 Å². The van der Waals surface area contributed by atoms with Gasteiger partial charge in [0.15, 0.2) is 0 Å². The van der Waals surface area contributed by atoms with E-state index in [0.717, 1.165) is 41.0 Å². The maximum atomic E-state index is 13.1. The number of hydrogen-bond acceptors (Lipinski definition) is 6. The smallest absolute Gasteiger partial charge is 0.294 e. The lowest BCUT2D eigenvalue weighted by molar-refractivity contribution is -0.127. The van der Waals surface area contributed by atoms with Crippen molar-refractivity contribution < 1.29 is 19.1 Å². The second-order valence-electron chi connectivity index (χ2n) is 8.60. The predicted molar refractivity (Wildman–Crippen MR) is 159 cm³/mol. The van der Waals surface area contributed by atoms with Gasteiger partial charge in [0.25, 0.3) is 11.1 Å². The van der Waals surface area contributed by atoms with Gasteiger partial charge >= 0.3 is 0 Å². The molecular formula is C29H27Cl2N3O4S. The Morgan fingerprint density at radius 3 is 2.46 bits per heavy atom. The van der Waals surface area contributed by atoms with Crippen molar-refractivity contribution in [1.29, 1.82) is 0 Å². The molecule has 0 radical (unpaired) electrons. The molecule has 1 N–H and O–H groups in total. The number of ether oxygens (including phenoxy) is 1. The third-order valence-corrected chi connectivity index (χ3v) is 7.54. The molecule has 3 aromatic rings. The van der Waals surface area contributed by atoms with Crippen LogP contribution in [0.4, 0.5) is 16.2 Å². The quantitative estimate of drug-likeness (QED) is 0.256. The van der Waals surface area contributed by atoms with Gasteiger partial charge in [-0.15, -0.1) is 0 Å². The molecule has 1 fully saturated rings. The minimum Gasteiger partial charge on any atom is -0.488 e. The van der Waals surface area contributed by atoms with E-state index in [-0.39, 0.29) is 18.1 Å². The Labute approximate surface area is 241 Å². The van der Waals surface area contributed by atoms with Crippen LogP contribution in [0.3, 0.4) is 0 Å². The standard InChI is InChI=1S/C29H27Cl2N3O4S/c1-3-33(4-2)23-13-11-19(25(16-23)38-18-20-10-12-21(30)15-24(20)31)14-26-28(36)34(29(37)39-26)17-27(35)32-22-8-6-5-7-9-22/h5-16H,3-4,17-18H2,1-2H3,(H,32,35)/b26-14-. The topological polar surface area (TPSA) is 79.0 Å². The fourth-order valence-electron chi connectivity index (χ4n) is 3.99. The maximum Gasteiger partial charge on any atom is 0.294 e. The molecule has 0 bridgehead atoms. The zero-order valence-corrected chi connectivity index (χ0v) is 23.8. The number of nitrogens with one attached hydrogen (secondary N) is 1. The van der Waals surface area contributed by atoms with Gasteiger partial charge in [0.1, 0.15) is 18.9 Å². The summed E-state index contributed by atoms with van der Waals surface area (Å²) in [5.41, 5.74) is 2.92. The van der Waals surface area contributed by atoms with Crippen LogP contribution in [0.1, 0.15) is 25.0 Å². The Morgan fingerprint density at radius 2 is 1.77 bits per heavy atom. The minimum atomic E-state index is -0.535. The van der Waals surface area contributed by atoms with Crippen LogP contribution in [0.25, 0.3) is 6.08 Å². The van der Waals surface area contributed by atoms with E-state index in [0.29, 0.717) is 27.0 Å². The van der Waals surface area contributed by atoms with E-state index in [4.69, 9.17) is 27.9 Å². The zero-order chi connectivity index (χ0) is 27.9. The van der Waals surface area contributed by atoms with Crippen LogP contribution >= 0.6 is 35.0 Å². The number of hydrogen-bond donors (Lipinski definition) is 1. The molecule has 1 aliphatic rings. The van der Waals surface area contributed by atoms with Gasteiger partial charge in [-0.25, -0.2) is 0 Å². The summed E-state index contributed by atoms with van der Waals surface area (Å²) in [6, 6.07) is 19.7. The Hall–Kier alpha value is -3.46. The van der Waals surface area contributed by atoms with Crippen molar-refractivity contribution in [2.45, 2.75) is 20.5 Å². The Bertz CT molecular complexity index is 1410. The first-order valence-electron chi connectivity index (χ1n) is 12.3. The van der Waals surface area contributed by atoms with Crippen molar-refractivity contribution in [2.75, 3.05) is 29.9 Å². The first-order chi connectivity index (χ1) is 18.8. The molecule has 0 saturated carbocycles. The fraction of sp³-hybridized carbons (Fsp3) is 0.207. The number of carbonyl (C=O) groups excluding carboxylic acids is 3. The van der Waals surface area contributed by atoms with Crippen molar-refractivity contribution in [3.63, 3.8) is 0 Å². The van der Waals surface area contributed by atoms with Crippen LogP contribution in [0.15, 0.2) is 71.6 Å². The molecule has 39 heavy (non-hydrogen) atoms. The number of nitrogens with zero attached hydrogens (tertiary/aromatic N) is 2. The lowest BCUT2D eigenvalue weighted by Crippen LogP contribution is -2.36. The summed E-state index contributed by atoms with van der Waals surface area (Å²) >= 11 is 13.1. The van der Waals surface area contributed by atoms with Crippen molar-refractivity contribution in [3.05, 3.63) is 92.8 Å². The highest BCUT2D eigenvalue weighted by molar-refractivity contribution is 8.18. The van der Waals surface area contributed by atoms with Crippen molar-refractivity contribution in [1.82, 2.24) is 4.90 Å². The SMILES string of the molecule is CCN(CC)c1ccc(/C=C2\SC(=O)N(CC(=O)Nc3ccccc3)C2=O)c(OCc2ccc(Cl)cc2Cl)c1. The fourth-order valence-corrected chi connectivity index (χ4v) is 5.28. The third kappa shape index (κ3) is 7.15. The lowest BCUT2D eigenvalue weighted by Gasteiger charge is -2.22. The van der Waals surface area contributed by atoms with Crippen molar-refractivity contribution >= 4 is 69.5 Å². The molecule has 0 spiro atoms. The maximum absolute atomic E-state index is 13.1. The number of rotatable bonds is 10. The number of anilines is 2. The van der Waals surface area contributed by atoms with Gasteiger partial charge < -0.3 is 15.0 Å². The van der Waals surface area contributed by atoms with Gasteiger partial charge in [-0.2, -0.15) is 0 Å². The molecule has 1 heterocycles. The molecule has 1 saturated heterocycles. The summed E-state index contributed by atoms with van der Waals surface area (Å²) in [6.45, 7) is 5.55. The van der Waals surface area contributed by atoms with Gasteiger partial charge in [-0.3, -0.25) is 19.3 Å². The molecule has 10 heteroatoms. The monoisotopic (exact) mass is 583 g/mol. The molecule has 1 aliphatic heterocycles. The van der Waals surface area contributed by atoms with Crippen molar-refractivity contribution in [3.8, 4) is 5.75 Å². The van der Waals surface area contributed by atoms with Gasteiger partial charge in [0.05, 0.1) is 4.91 Å². The van der Waals surface area contributed by atoms with Crippen LogP contribution in [0.5, 0.6) is 5.75 Å². The third-order valence-electron chi connectivity index (χ3n) is 6.04. The van der Waals surface area contributed by atoms with Gasteiger partial charge in [-0.05, 0) is 68.1 Å². The Kier molecular flexibility index (Phi) is 9.56. The molecular weight excluding hydrogens is 557 g/mol. The highest BCUT2D eigenvalue weighted by Gasteiger charge is 2.36. The van der Waals surface area contributed by atoms with E-state index in [2.05, 4.69) is 24.1 Å². The average Bonchev–Trinajstić information content (AvgIpc) is 3.17. The first-order valence-corrected chi connectivity index (χ1v) is 13.9. The average molecular weight is 585 g/mol. The number of carbonyl (C=O) groups is 3. The molecule has 4 rings (SSSR count). The molecule has 3 amide bonds. The van der Waals surface area contributed by atoms with E-state index in [1.54, 1.807) is 48.5 Å². The van der Waals surface area contributed by atoms with E-state index in [1.807, 2.05) is 24.3 Å². The zero-order valence-electron chi connectivity index (χ0n) is 21.4. The number of imide groups is 1. The molecule has 0 aromatic heterocycles. The Morgan fingerprint density at radius 1 is 1.03 bits per heavy atom. The molecule has 202 valence electrons. The number of para-hydroxylation sites is 1. The lowest BCUT2D eigenvalue weighted by atomic mass is 10.1. The Balaban J connectivity index is 1.57. The highest BCUT2D eigenvalue weighted by Crippen LogP contribution is 2.36. The molecule has 0 atom stereocenters. The second-order valence-corrected chi connectivity index (χ2v) is 10.4. The number of benzene rings is 3. The van der Waals surface area contributed by atoms with Crippen LogP contribution in [0, 0.1) is 0 Å². The largest absolute Gasteiger partial charge is 0.488 e. The molecule has 0 unspecified atom stereocenters. The number of thioether (sulfide) groups is 1. The number of halogens is 2. The summed E-state index contributed by atoms with van der Waals surface area (Å²) in [6.07, 6.45) is 1.62. The van der Waals surface area contributed by atoms with E-state index >= 15 is 0 Å². The predicted octanol–water partition coefficient (Wildman–Crippen LogP) is 7.09. The van der Waals surface area contributed by atoms with Crippen LogP contribution in [0.2, 0.25) is 10.0 Å². The van der Waals surface area contributed by atoms with E-state index in [9.17, 15) is 14.4 Å². The first kappa shape index (κ1) is 28.5. The second kappa shape index (κ2) is 13.1. The summed E-state index contributed by atoms with van der Waals surface area (Å²) in [5.74, 6) is -0.469. The molecule has 0 aliphatic carbocycles. The molecule has 3 aromatic carbocycles. The van der Waals surface area contributed by atoms with Gasteiger partial charge in [0, 0.05) is 51.7 Å². The van der Waals surface area contributed by atoms with Gasteiger partial charge in [-0.1, -0.05) is 47.5 Å². The minimum absolute atomic E-state index is 0.180. The van der Waals surface area contributed by atoms with Crippen molar-refractivity contribution in [2.24, 2.45) is 0 Å².